The van der Waals surface area contributed by atoms with E-state index in [0.717, 1.165) is 52.2 Å². The first kappa shape index (κ1) is 30.5. The molecule has 0 aliphatic carbocycles. The van der Waals surface area contributed by atoms with Crippen LogP contribution in [0, 0.1) is 6.92 Å². The molecule has 0 spiro atoms. The molecule has 0 saturated carbocycles. The molecule has 0 atom stereocenters. The summed E-state index contributed by atoms with van der Waals surface area (Å²) >= 11 is 17.3. The van der Waals surface area contributed by atoms with Gasteiger partial charge in [0.2, 0.25) is 0 Å². The third-order valence-electron chi connectivity index (χ3n) is 6.75. The average molecular weight is 652 g/mol. The maximum Gasteiger partial charge on any atom is 0.341 e. The van der Waals surface area contributed by atoms with Crippen LogP contribution in [-0.2, 0) is 4.79 Å². The van der Waals surface area contributed by atoms with Crippen molar-refractivity contribution in [3.05, 3.63) is 122 Å². The van der Waals surface area contributed by atoms with E-state index in [1.54, 1.807) is 34.4 Å². The van der Waals surface area contributed by atoms with E-state index in [1.165, 1.54) is 22.3 Å². The van der Waals surface area contributed by atoms with Crippen molar-refractivity contribution in [1.82, 2.24) is 0 Å². The zero-order chi connectivity index (χ0) is 29.6. The van der Waals surface area contributed by atoms with Gasteiger partial charge in [-0.3, -0.25) is 0 Å². The van der Waals surface area contributed by atoms with Crippen molar-refractivity contribution in [2.45, 2.75) is 25.2 Å². The maximum atomic E-state index is 10.9. The van der Waals surface area contributed by atoms with Crippen LogP contribution in [0.1, 0.15) is 30.0 Å². The number of carbonyl (C=O) groups is 1. The fraction of sp³-hybridized carbons (Fsp3) is 0.147. The zero-order valence-corrected chi connectivity index (χ0v) is 27.0. The Kier molecular flexibility index (Phi) is 10.1. The quantitative estimate of drug-likeness (QED) is 0.144. The van der Waals surface area contributed by atoms with Crippen molar-refractivity contribution in [2.24, 2.45) is 0 Å². The van der Waals surface area contributed by atoms with Gasteiger partial charge in [-0.15, -0.1) is 34.4 Å². The summed E-state index contributed by atoms with van der Waals surface area (Å²) < 4.78 is 6.97. The number of halogens is 2. The molecule has 0 radical (unpaired) electrons. The molecule has 0 fully saturated rings. The maximum absolute atomic E-state index is 10.9. The summed E-state index contributed by atoms with van der Waals surface area (Å²) in [5, 5.41) is 8.94. The second-order valence-electron chi connectivity index (χ2n) is 9.59. The molecule has 1 N–H and O–H groups in total. The molecule has 8 heteroatoms. The third kappa shape index (κ3) is 7.49. The summed E-state index contributed by atoms with van der Waals surface area (Å²) in [6.07, 6.45) is 0.895. The molecule has 3 aromatic carbocycles. The summed E-state index contributed by atoms with van der Waals surface area (Å²) in [6, 6.07) is 31.3. The third-order valence-corrected chi connectivity index (χ3v) is 10.4. The molecule has 2 heterocycles. The number of hydrogen-bond donors (Lipinski definition) is 1. The van der Waals surface area contributed by atoms with Gasteiger partial charge in [0.05, 0.1) is 8.67 Å². The summed E-state index contributed by atoms with van der Waals surface area (Å²) in [6.45, 7) is 3.79. The largest absolute Gasteiger partial charge is 0.482 e. The van der Waals surface area contributed by atoms with Gasteiger partial charge in [0, 0.05) is 20.4 Å². The van der Waals surface area contributed by atoms with Crippen LogP contribution in [0.4, 0.5) is 0 Å². The molecule has 3 nitrogen and oxygen atoms in total. The fourth-order valence-electron chi connectivity index (χ4n) is 4.65. The lowest BCUT2D eigenvalue weighted by Crippen LogP contribution is -2.10. The van der Waals surface area contributed by atoms with E-state index < -0.39 is 5.97 Å². The lowest BCUT2D eigenvalue weighted by molar-refractivity contribution is -0.139. The Bertz CT molecular complexity index is 1630. The number of carboxylic acids is 1. The van der Waals surface area contributed by atoms with E-state index in [4.69, 9.17) is 33.0 Å². The highest BCUT2D eigenvalue weighted by atomic mass is 35.5. The van der Waals surface area contributed by atoms with Crippen LogP contribution >= 0.6 is 57.6 Å². The van der Waals surface area contributed by atoms with Gasteiger partial charge in [-0.05, 0) is 89.2 Å². The normalized spacial score (nSPS) is 11.0. The van der Waals surface area contributed by atoms with Gasteiger partial charge in [-0.2, -0.15) is 0 Å². The first-order chi connectivity index (χ1) is 20.3. The molecular weight excluding hydrogens is 623 g/mol. The van der Waals surface area contributed by atoms with Gasteiger partial charge in [-0.1, -0.05) is 84.2 Å². The number of ether oxygens (including phenoxy) is 1. The molecule has 0 amide bonds. The molecule has 214 valence electrons. The van der Waals surface area contributed by atoms with Crippen LogP contribution in [-0.4, -0.2) is 23.4 Å². The lowest BCUT2D eigenvalue weighted by Gasteiger charge is -2.17. The van der Waals surface area contributed by atoms with Crippen molar-refractivity contribution in [3.8, 4) is 26.6 Å². The molecule has 5 aromatic rings. The highest BCUT2D eigenvalue weighted by Gasteiger charge is 2.14. The van der Waals surface area contributed by atoms with E-state index in [1.807, 2.05) is 31.2 Å². The van der Waals surface area contributed by atoms with Crippen LogP contribution in [0.25, 0.3) is 26.5 Å². The number of carboxylic acid groups (broad SMARTS) is 1. The first-order valence-electron chi connectivity index (χ1n) is 13.3. The molecule has 2 aromatic heterocycles. The number of aliphatic carboxylic acids is 1. The van der Waals surface area contributed by atoms with Crippen molar-refractivity contribution in [2.75, 3.05) is 12.4 Å². The Balaban J connectivity index is 1.47. The Labute approximate surface area is 268 Å². The van der Waals surface area contributed by atoms with E-state index in [-0.39, 0.29) is 6.61 Å². The number of thioether (sulfide) groups is 1. The standard InChI is InChI=1S/C34H28Cl2O3S3/c1-3-22(20-40-27-12-13-28(21(2)18-27)39-19-33(37)38)34(25-8-4-23(5-9-25)29-14-16-31(35)41-29)26-10-6-24(7-11-26)30-15-17-32(36)42-30/h4-18H,3,19-20H2,1-2H3,(H,37,38). The first-order valence-corrected chi connectivity index (χ1v) is 16.7. The zero-order valence-electron chi connectivity index (χ0n) is 23.0. The van der Waals surface area contributed by atoms with Crippen LogP contribution in [0.5, 0.6) is 5.75 Å². The van der Waals surface area contributed by atoms with Gasteiger partial charge in [-0.25, -0.2) is 4.79 Å². The Morgan fingerprint density at radius 1 is 0.810 bits per heavy atom. The van der Waals surface area contributed by atoms with Gasteiger partial charge < -0.3 is 9.84 Å². The second-order valence-corrected chi connectivity index (χ2v) is 14.1. The second kappa shape index (κ2) is 14.0. The molecule has 0 aliphatic rings. The molecule has 0 unspecified atom stereocenters. The van der Waals surface area contributed by atoms with Crippen LogP contribution in [0.3, 0.4) is 0 Å². The van der Waals surface area contributed by atoms with Crippen LogP contribution in [0.15, 0.2) is 101 Å². The van der Waals surface area contributed by atoms with Crippen molar-refractivity contribution >= 4 is 69.2 Å². The number of aryl methyl sites for hydroxylation is 1. The van der Waals surface area contributed by atoms with Gasteiger partial charge in [0.15, 0.2) is 6.61 Å². The smallest absolute Gasteiger partial charge is 0.341 e. The van der Waals surface area contributed by atoms with Crippen LogP contribution < -0.4 is 4.74 Å². The van der Waals surface area contributed by atoms with Crippen molar-refractivity contribution in [1.29, 1.82) is 0 Å². The summed E-state index contributed by atoms with van der Waals surface area (Å²) in [7, 11) is 0. The molecule has 42 heavy (non-hydrogen) atoms. The SMILES string of the molecule is CCC(CSc1ccc(OCC(=O)O)c(C)c1)=C(c1ccc(-c2ccc(Cl)s2)cc1)c1ccc(-c2ccc(Cl)s2)cc1. The monoisotopic (exact) mass is 650 g/mol. The Morgan fingerprint density at radius 2 is 1.36 bits per heavy atom. The minimum Gasteiger partial charge on any atom is -0.482 e. The van der Waals surface area contributed by atoms with Gasteiger partial charge in [0.25, 0.3) is 0 Å². The summed E-state index contributed by atoms with van der Waals surface area (Å²) in [5.74, 6) is 0.413. The lowest BCUT2D eigenvalue weighted by atomic mass is 9.91. The Morgan fingerprint density at radius 3 is 1.79 bits per heavy atom. The summed E-state index contributed by atoms with van der Waals surface area (Å²) in [5.41, 5.74) is 8.11. The number of hydrogen-bond acceptors (Lipinski definition) is 5. The minimum atomic E-state index is -0.988. The highest BCUT2D eigenvalue weighted by Crippen LogP contribution is 2.37. The predicted molar refractivity (Wildman–Crippen MR) is 181 cm³/mol. The molecule has 0 bridgehead atoms. The van der Waals surface area contributed by atoms with E-state index in [9.17, 15) is 4.79 Å². The van der Waals surface area contributed by atoms with E-state index >= 15 is 0 Å². The molecule has 0 aliphatic heterocycles. The van der Waals surface area contributed by atoms with Gasteiger partial charge in [0.1, 0.15) is 5.75 Å². The minimum absolute atomic E-state index is 0.351. The average Bonchev–Trinajstić information content (AvgIpc) is 3.63. The number of rotatable bonds is 11. The molecular formula is C34H28Cl2O3S3. The molecule has 0 saturated heterocycles. The fourth-order valence-corrected chi connectivity index (χ4v) is 7.86. The predicted octanol–water partition coefficient (Wildman–Crippen LogP) is 11.2. The van der Waals surface area contributed by atoms with E-state index in [2.05, 4.69) is 73.7 Å². The number of benzene rings is 3. The highest BCUT2D eigenvalue weighted by molar-refractivity contribution is 7.99. The Hall–Kier alpha value is -3.00. The van der Waals surface area contributed by atoms with Crippen molar-refractivity contribution < 1.29 is 14.6 Å². The van der Waals surface area contributed by atoms with E-state index in [0.29, 0.717) is 5.75 Å². The number of thiophene rings is 2. The van der Waals surface area contributed by atoms with Crippen molar-refractivity contribution in [3.63, 3.8) is 0 Å². The van der Waals surface area contributed by atoms with Gasteiger partial charge >= 0.3 is 5.97 Å². The topological polar surface area (TPSA) is 46.5 Å². The summed E-state index contributed by atoms with van der Waals surface area (Å²) in [4.78, 5) is 14.3. The molecule has 5 rings (SSSR count). The van der Waals surface area contributed by atoms with Crippen LogP contribution in [0.2, 0.25) is 8.67 Å².